The molecule has 2 aromatic rings. The molecule has 0 spiro atoms. The summed E-state index contributed by atoms with van der Waals surface area (Å²) in [6, 6.07) is 3.78. The number of fused-ring (bicyclic) bond motifs is 1. The molecule has 0 N–H and O–H groups in total. The summed E-state index contributed by atoms with van der Waals surface area (Å²) in [6.45, 7) is 11.2. The second kappa shape index (κ2) is 8.39. The Kier molecular flexibility index (Phi) is 6.27. The molecule has 1 aliphatic carbocycles. The molecule has 0 amide bonds. The predicted octanol–water partition coefficient (Wildman–Crippen LogP) is 5.97. The molecule has 5 heteroatoms. The smallest absolute Gasteiger partial charge is 0.339 e. The number of methoxy groups -OCH3 is 1. The van der Waals surface area contributed by atoms with Gasteiger partial charge in [-0.2, -0.15) is 0 Å². The van der Waals surface area contributed by atoms with Crippen LogP contribution >= 0.6 is 11.3 Å². The molecule has 0 saturated heterocycles. The number of carbonyl (C=O) groups is 1. The number of esters is 1. The lowest BCUT2D eigenvalue weighted by Gasteiger charge is -2.32. The highest BCUT2D eigenvalue weighted by atomic mass is 32.1. The van der Waals surface area contributed by atoms with E-state index < -0.39 is 0 Å². The second-order valence-electron chi connectivity index (χ2n) is 9.05. The third kappa shape index (κ3) is 4.61. The van der Waals surface area contributed by atoms with Crippen LogP contribution in [-0.4, -0.2) is 23.0 Å². The number of allylic oxidation sites excluding steroid dienone is 2. The van der Waals surface area contributed by atoms with Gasteiger partial charge in [0.1, 0.15) is 0 Å². The first-order valence-corrected chi connectivity index (χ1v) is 11.2. The van der Waals surface area contributed by atoms with Crippen LogP contribution in [0.1, 0.15) is 91.4 Å². The number of ether oxygens (including phenoxy) is 1. The van der Waals surface area contributed by atoms with Crippen molar-refractivity contribution < 1.29 is 9.53 Å². The molecule has 0 fully saturated rings. The maximum atomic E-state index is 11.7. The van der Waals surface area contributed by atoms with Crippen molar-refractivity contribution in [3.05, 3.63) is 57.3 Å². The Morgan fingerprint density at radius 1 is 1.14 bits per heavy atom. The summed E-state index contributed by atoms with van der Waals surface area (Å²) in [5, 5.41) is 1.21. The average Bonchev–Trinajstić information content (AvgIpc) is 3.15. The maximum absolute atomic E-state index is 11.7. The summed E-state index contributed by atoms with van der Waals surface area (Å²) in [7, 11) is 1.39. The van der Waals surface area contributed by atoms with Gasteiger partial charge in [0.15, 0.2) is 0 Å². The van der Waals surface area contributed by atoms with E-state index in [0.717, 1.165) is 31.4 Å². The molecule has 0 bridgehead atoms. The van der Waals surface area contributed by atoms with Gasteiger partial charge < -0.3 is 4.74 Å². The van der Waals surface area contributed by atoms with E-state index in [0.29, 0.717) is 11.5 Å². The number of nitrogens with zero attached hydrogens (tertiary/aromatic N) is 2. The molecule has 1 aliphatic rings. The van der Waals surface area contributed by atoms with Gasteiger partial charge in [0.05, 0.1) is 23.4 Å². The van der Waals surface area contributed by atoms with Gasteiger partial charge in [0.25, 0.3) is 0 Å². The Morgan fingerprint density at radius 3 is 2.45 bits per heavy atom. The zero-order valence-electron chi connectivity index (χ0n) is 18.4. The first-order chi connectivity index (χ1) is 13.7. The van der Waals surface area contributed by atoms with Gasteiger partial charge in [-0.1, -0.05) is 53.2 Å². The Morgan fingerprint density at radius 2 is 1.86 bits per heavy atom. The normalized spacial score (nSPS) is 17.6. The monoisotopic (exact) mass is 412 g/mol. The van der Waals surface area contributed by atoms with Crippen LogP contribution in [0.3, 0.4) is 0 Å². The molecule has 1 atom stereocenters. The molecule has 4 nitrogen and oxygen atoms in total. The first-order valence-electron chi connectivity index (χ1n) is 10.4. The number of rotatable bonds is 7. The van der Waals surface area contributed by atoms with E-state index in [9.17, 15) is 4.79 Å². The van der Waals surface area contributed by atoms with Gasteiger partial charge in [-0.05, 0) is 31.4 Å². The quantitative estimate of drug-likeness (QED) is 0.415. The van der Waals surface area contributed by atoms with E-state index in [-0.39, 0.29) is 16.8 Å². The molecule has 2 aromatic heterocycles. The van der Waals surface area contributed by atoms with Crippen molar-refractivity contribution in [1.29, 1.82) is 0 Å². The van der Waals surface area contributed by atoms with Gasteiger partial charge in [-0.25, -0.2) is 9.78 Å². The molecular formula is C24H32N2O2S. The topological polar surface area (TPSA) is 52.1 Å². The third-order valence-electron chi connectivity index (χ3n) is 5.75. The van der Waals surface area contributed by atoms with Crippen molar-refractivity contribution in [1.82, 2.24) is 9.97 Å². The van der Waals surface area contributed by atoms with Crippen LogP contribution in [0.25, 0.3) is 0 Å². The van der Waals surface area contributed by atoms with Crippen molar-refractivity contribution in [2.24, 2.45) is 0 Å². The summed E-state index contributed by atoms with van der Waals surface area (Å²) < 4.78 is 4.77. The van der Waals surface area contributed by atoms with Crippen molar-refractivity contribution in [3.63, 3.8) is 0 Å². The minimum Gasteiger partial charge on any atom is -0.465 e. The van der Waals surface area contributed by atoms with Crippen LogP contribution in [0.4, 0.5) is 0 Å². The molecular weight excluding hydrogens is 380 g/mol. The first kappa shape index (κ1) is 21.7. The van der Waals surface area contributed by atoms with Gasteiger partial charge in [-0.15, -0.1) is 11.3 Å². The number of thiazole rings is 1. The van der Waals surface area contributed by atoms with Gasteiger partial charge in [-0.3, -0.25) is 4.98 Å². The van der Waals surface area contributed by atoms with E-state index in [2.05, 4.69) is 51.8 Å². The SMILES string of the molecule is CCCC(CCc1nc2c(s1)C(C)(C)C=CC2(C)C)c1ccc(C(=O)OC)cn1. The number of hydrogen-bond acceptors (Lipinski definition) is 5. The number of aryl methyl sites for hydroxylation is 1. The molecule has 0 aliphatic heterocycles. The molecule has 0 saturated carbocycles. The highest BCUT2D eigenvalue weighted by Crippen LogP contribution is 2.44. The Hall–Kier alpha value is -2.01. The van der Waals surface area contributed by atoms with Crippen molar-refractivity contribution in [3.8, 4) is 0 Å². The third-order valence-corrected chi connectivity index (χ3v) is 7.21. The lowest BCUT2D eigenvalue weighted by Crippen LogP contribution is -2.27. The van der Waals surface area contributed by atoms with Crippen LogP contribution in [0.2, 0.25) is 0 Å². The highest BCUT2D eigenvalue weighted by molar-refractivity contribution is 7.12. The van der Waals surface area contributed by atoms with Gasteiger partial charge in [0, 0.05) is 33.5 Å². The predicted molar refractivity (Wildman–Crippen MR) is 119 cm³/mol. The maximum Gasteiger partial charge on any atom is 0.339 e. The van der Waals surface area contributed by atoms with Gasteiger partial charge in [0.2, 0.25) is 0 Å². The summed E-state index contributed by atoms with van der Waals surface area (Å²) in [5.41, 5.74) is 2.82. The molecule has 29 heavy (non-hydrogen) atoms. The Labute approximate surface area is 178 Å². The number of carbonyl (C=O) groups excluding carboxylic acids is 1. The van der Waals surface area contributed by atoms with E-state index in [1.54, 1.807) is 6.20 Å². The fourth-order valence-electron chi connectivity index (χ4n) is 3.89. The number of pyridine rings is 1. The molecule has 1 unspecified atom stereocenters. The standard InChI is InChI=1S/C24H32N2O2S/c1-7-8-16(18-11-9-17(15-25-18)22(27)28-6)10-12-19-26-20-21(29-19)24(4,5)14-13-23(20,2)3/h9,11,13-16H,7-8,10,12H2,1-6H3. The fourth-order valence-corrected chi connectivity index (χ4v) is 5.22. The molecule has 2 heterocycles. The molecule has 156 valence electrons. The zero-order valence-corrected chi connectivity index (χ0v) is 19.2. The number of hydrogen-bond donors (Lipinski definition) is 0. The van der Waals surface area contributed by atoms with Crippen molar-refractivity contribution in [2.75, 3.05) is 7.11 Å². The zero-order chi connectivity index (χ0) is 21.2. The van der Waals surface area contributed by atoms with Gasteiger partial charge >= 0.3 is 5.97 Å². The molecule has 0 radical (unpaired) electrons. The van der Waals surface area contributed by atoms with Crippen LogP contribution in [0, 0.1) is 0 Å². The Balaban J connectivity index is 1.77. The van der Waals surface area contributed by atoms with Crippen molar-refractivity contribution in [2.45, 2.75) is 77.0 Å². The Bertz CT molecular complexity index is 859. The van der Waals surface area contributed by atoms with E-state index in [1.807, 2.05) is 23.5 Å². The van der Waals surface area contributed by atoms with Crippen LogP contribution in [-0.2, 0) is 22.0 Å². The lowest BCUT2D eigenvalue weighted by molar-refractivity contribution is 0.0600. The van der Waals surface area contributed by atoms with E-state index >= 15 is 0 Å². The fraction of sp³-hybridized carbons (Fsp3) is 0.542. The average molecular weight is 413 g/mol. The molecule has 3 rings (SSSR count). The van der Waals surface area contributed by atoms with Crippen molar-refractivity contribution >= 4 is 17.3 Å². The minimum atomic E-state index is -0.344. The largest absolute Gasteiger partial charge is 0.465 e. The second-order valence-corrected chi connectivity index (χ2v) is 10.1. The highest BCUT2D eigenvalue weighted by Gasteiger charge is 2.36. The van der Waals surface area contributed by atoms with Crippen LogP contribution in [0.5, 0.6) is 0 Å². The minimum absolute atomic E-state index is 0.00625. The lowest BCUT2D eigenvalue weighted by atomic mass is 9.75. The van der Waals surface area contributed by atoms with E-state index in [4.69, 9.17) is 9.72 Å². The summed E-state index contributed by atoms with van der Waals surface area (Å²) in [6.07, 6.45) is 10.4. The van der Waals surface area contributed by atoms with E-state index in [1.165, 1.54) is 22.7 Å². The van der Waals surface area contributed by atoms with Crippen LogP contribution < -0.4 is 0 Å². The summed E-state index contributed by atoms with van der Waals surface area (Å²) in [4.78, 5) is 22.7. The summed E-state index contributed by atoms with van der Waals surface area (Å²) in [5.74, 6) is 0.0232. The molecule has 0 aromatic carbocycles. The van der Waals surface area contributed by atoms with Crippen LogP contribution in [0.15, 0.2) is 30.5 Å². The summed E-state index contributed by atoms with van der Waals surface area (Å²) >= 11 is 1.87. The number of aromatic nitrogens is 2.